The van der Waals surface area contributed by atoms with E-state index in [1.165, 1.54) is 0 Å². The number of hydrogen-bond donors (Lipinski definition) is 2. The number of ether oxygens (including phenoxy) is 1. The molecule has 2 N–H and O–H groups in total. The Balaban J connectivity index is 1.60. The van der Waals surface area contributed by atoms with Gasteiger partial charge in [-0.2, -0.15) is 0 Å². The summed E-state index contributed by atoms with van der Waals surface area (Å²) < 4.78 is 10.3. The number of furan rings is 1. The Hall–Kier alpha value is -3.54. The Morgan fingerprint density at radius 1 is 0.962 bits per heavy atom. The van der Waals surface area contributed by atoms with E-state index in [9.17, 15) is 9.59 Å². The number of hydrogen-bond acceptors (Lipinski definition) is 4. The second-order valence-electron chi connectivity index (χ2n) is 5.53. The molecule has 26 heavy (non-hydrogen) atoms. The number of amides is 2. The van der Waals surface area contributed by atoms with Gasteiger partial charge in [0.15, 0.2) is 0 Å². The molecular weight excluding hydrogens is 332 g/mol. The second-order valence-corrected chi connectivity index (χ2v) is 5.53. The molecule has 132 valence electrons. The maximum atomic E-state index is 12.3. The Morgan fingerprint density at radius 2 is 1.69 bits per heavy atom. The summed E-state index contributed by atoms with van der Waals surface area (Å²) in [5, 5.41) is 5.55. The predicted octanol–water partition coefficient (Wildman–Crippen LogP) is 3.47. The van der Waals surface area contributed by atoms with Crippen LogP contribution >= 0.6 is 0 Å². The van der Waals surface area contributed by atoms with E-state index in [4.69, 9.17) is 9.15 Å². The summed E-state index contributed by atoms with van der Waals surface area (Å²) in [5.74, 6) is 0.834. The summed E-state index contributed by atoms with van der Waals surface area (Å²) in [6, 6.07) is 17.1. The number of anilines is 1. The molecule has 0 spiro atoms. The molecule has 3 aromatic rings. The van der Waals surface area contributed by atoms with Gasteiger partial charge in [-0.25, -0.2) is 0 Å². The van der Waals surface area contributed by atoms with Gasteiger partial charge in [-0.1, -0.05) is 6.07 Å². The van der Waals surface area contributed by atoms with Crippen LogP contribution in [0, 0.1) is 0 Å². The van der Waals surface area contributed by atoms with E-state index in [2.05, 4.69) is 10.6 Å². The number of benzene rings is 2. The first-order valence-electron chi connectivity index (χ1n) is 8.02. The monoisotopic (exact) mass is 350 g/mol. The number of carbonyl (C=O) groups excluding carboxylic acids is 2. The van der Waals surface area contributed by atoms with Gasteiger partial charge in [-0.3, -0.25) is 9.59 Å². The molecular formula is C20H18N2O4. The molecule has 6 heteroatoms. The van der Waals surface area contributed by atoms with Crippen molar-refractivity contribution < 1.29 is 18.7 Å². The Bertz CT molecular complexity index is 886. The minimum absolute atomic E-state index is 0.235. The van der Waals surface area contributed by atoms with Crippen LogP contribution in [0.5, 0.6) is 5.75 Å². The van der Waals surface area contributed by atoms with E-state index < -0.39 is 0 Å². The zero-order valence-electron chi connectivity index (χ0n) is 14.2. The van der Waals surface area contributed by atoms with E-state index in [0.29, 0.717) is 34.9 Å². The predicted molar refractivity (Wildman–Crippen MR) is 97.3 cm³/mol. The molecule has 0 radical (unpaired) electrons. The maximum absolute atomic E-state index is 12.3. The lowest BCUT2D eigenvalue weighted by atomic mass is 10.1. The van der Waals surface area contributed by atoms with Gasteiger partial charge < -0.3 is 19.8 Å². The lowest BCUT2D eigenvalue weighted by Crippen LogP contribution is -2.22. The summed E-state index contributed by atoms with van der Waals surface area (Å²) in [5.41, 5.74) is 1.56. The number of carbonyl (C=O) groups is 2. The van der Waals surface area contributed by atoms with Crippen molar-refractivity contribution >= 4 is 17.5 Å². The van der Waals surface area contributed by atoms with Crippen molar-refractivity contribution in [3.8, 4) is 5.75 Å². The second kappa shape index (κ2) is 8.02. The molecule has 0 unspecified atom stereocenters. The van der Waals surface area contributed by atoms with E-state index in [0.717, 1.165) is 0 Å². The Labute approximate surface area is 150 Å². The van der Waals surface area contributed by atoms with Crippen LogP contribution in [0.15, 0.2) is 71.3 Å². The summed E-state index contributed by atoms with van der Waals surface area (Å²) in [6.07, 6.45) is 1.55. The van der Waals surface area contributed by atoms with Gasteiger partial charge in [0, 0.05) is 22.9 Å². The van der Waals surface area contributed by atoms with E-state index >= 15 is 0 Å². The molecule has 3 rings (SSSR count). The van der Waals surface area contributed by atoms with Gasteiger partial charge >= 0.3 is 0 Å². The van der Waals surface area contributed by atoms with Crippen molar-refractivity contribution in [1.29, 1.82) is 0 Å². The van der Waals surface area contributed by atoms with Gasteiger partial charge in [-0.15, -0.1) is 0 Å². The molecule has 2 aromatic carbocycles. The van der Waals surface area contributed by atoms with Crippen molar-refractivity contribution in [3.05, 3.63) is 83.8 Å². The van der Waals surface area contributed by atoms with E-state index in [1.807, 2.05) is 0 Å². The summed E-state index contributed by atoms with van der Waals surface area (Å²) in [6.45, 7) is 0.309. The normalized spacial score (nSPS) is 10.2. The van der Waals surface area contributed by atoms with Gasteiger partial charge in [0.1, 0.15) is 11.5 Å². The Morgan fingerprint density at radius 3 is 2.35 bits per heavy atom. The van der Waals surface area contributed by atoms with Gasteiger partial charge in [0.2, 0.25) is 0 Å². The summed E-state index contributed by atoms with van der Waals surface area (Å²) in [4.78, 5) is 24.4. The average Bonchev–Trinajstić information content (AvgIpc) is 3.20. The minimum atomic E-state index is -0.263. The first-order chi connectivity index (χ1) is 12.7. The van der Waals surface area contributed by atoms with Crippen molar-refractivity contribution in [1.82, 2.24) is 5.32 Å². The van der Waals surface area contributed by atoms with Crippen molar-refractivity contribution in [3.63, 3.8) is 0 Å². The van der Waals surface area contributed by atoms with E-state index in [-0.39, 0.29) is 11.8 Å². The van der Waals surface area contributed by atoms with Crippen LogP contribution in [0.2, 0.25) is 0 Å². The molecule has 2 amide bonds. The van der Waals surface area contributed by atoms with Crippen LogP contribution in [-0.4, -0.2) is 18.9 Å². The molecule has 1 aromatic heterocycles. The summed E-state index contributed by atoms with van der Waals surface area (Å²) in [7, 11) is 1.57. The molecule has 6 nitrogen and oxygen atoms in total. The third-order valence-corrected chi connectivity index (χ3v) is 3.74. The highest BCUT2D eigenvalue weighted by Crippen LogP contribution is 2.17. The number of rotatable bonds is 6. The number of methoxy groups -OCH3 is 1. The fraction of sp³-hybridized carbons (Fsp3) is 0.100. The molecule has 1 heterocycles. The third-order valence-electron chi connectivity index (χ3n) is 3.74. The fourth-order valence-electron chi connectivity index (χ4n) is 2.36. The van der Waals surface area contributed by atoms with Crippen LogP contribution in [-0.2, 0) is 6.54 Å². The Kier molecular flexibility index (Phi) is 5.34. The topological polar surface area (TPSA) is 80.6 Å². The zero-order valence-corrected chi connectivity index (χ0v) is 14.2. The molecule has 0 bridgehead atoms. The minimum Gasteiger partial charge on any atom is -0.497 e. The smallest absolute Gasteiger partial charge is 0.255 e. The average molecular weight is 350 g/mol. The highest BCUT2D eigenvalue weighted by molar-refractivity contribution is 6.05. The number of nitrogens with one attached hydrogen (secondary N) is 2. The molecule has 0 aliphatic heterocycles. The van der Waals surface area contributed by atoms with Crippen LogP contribution < -0.4 is 15.4 Å². The molecule has 0 atom stereocenters. The van der Waals surface area contributed by atoms with Crippen molar-refractivity contribution in [2.24, 2.45) is 0 Å². The molecule has 0 saturated carbocycles. The molecule has 0 aliphatic carbocycles. The molecule has 0 saturated heterocycles. The van der Waals surface area contributed by atoms with Crippen LogP contribution in [0.4, 0.5) is 5.69 Å². The maximum Gasteiger partial charge on any atom is 0.255 e. The van der Waals surface area contributed by atoms with Crippen LogP contribution in [0.1, 0.15) is 26.5 Å². The van der Waals surface area contributed by atoms with E-state index in [1.54, 1.807) is 74.0 Å². The van der Waals surface area contributed by atoms with Crippen molar-refractivity contribution in [2.75, 3.05) is 12.4 Å². The highest BCUT2D eigenvalue weighted by Gasteiger charge is 2.10. The zero-order chi connectivity index (χ0) is 18.4. The lowest BCUT2D eigenvalue weighted by molar-refractivity contribution is 0.0946. The highest BCUT2D eigenvalue weighted by atomic mass is 16.5. The fourth-order valence-corrected chi connectivity index (χ4v) is 2.36. The summed E-state index contributed by atoms with van der Waals surface area (Å²) >= 11 is 0. The van der Waals surface area contributed by atoms with Gasteiger partial charge in [-0.05, 0) is 48.5 Å². The van der Waals surface area contributed by atoms with Crippen LogP contribution in [0.25, 0.3) is 0 Å². The SMILES string of the molecule is COc1cccc(NC(=O)c2ccc(C(=O)NCc3ccco3)cc2)c1. The first kappa shape index (κ1) is 17.3. The van der Waals surface area contributed by atoms with Gasteiger partial charge in [0.05, 0.1) is 19.9 Å². The molecule has 0 fully saturated rings. The van der Waals surface area contributed by atoms with Gasteiger partial charge in [0.25, 0.3) is 11.8 Å². The molecule has 0 aliphatic rings. The third kappa shape index (κ3) is 4.30. The lowest BCUT2D eigenvalue weighted by Gasteiger charge is -2.08. The van der Waals surface area contributed by atoms with Crippen LogP contribution in [0.3, 0.4) is 0 Å². The first-order valence-corrected chi connectivity index (χ1v) is 8.02. The standard InChI is InChI=1S/C20H18N2O4/c1-25-17-5-2-4-16(12-17)22-20(24)15-9-7-14(8-10-15)19(23)21-13-18-6-3-11-26-18/h2-12H,13H2,1H3,(H,21,23)(H,22,24). The van der Waals surface area contributed by atoms with Crippen molar-refractivity contribution in [2.45, 2.75) is 6.54 Å². The largest absolute Gasteiger partial charge is 0.497 e. The quantitative estimate of drug-likeness (QED) is 0.713.